The van der Waals surface area contributed by atoms with Gasteiger partial charge in [0, 0.05) is 11.8 Å². The lowest BCUT2D eigenvalue weighted by Crippen LogP contribution is -1.96. The maximum atomic E-state index is 13.4. The number of nitrogens with one attached hydrogen (secondary N) is 2. The van der Waals surface area contributed by atoms with Crippen LogP contribution in [0, 0.1) is 12.7 Å². The lowest BCUT2D eigenvalue weighted by molar-refractivity contribution is 0.386. The number of aromatic amines is 1. The average Bonchev–Trinajstić information content (AvgIpc) is 2.58. The number of nitrogens with two attached hydrogens (primary N) is 1. The van der Waals surface area contributed by atoms with Crippen LogP contribution in [0.25, 0.3) is 0 Å². The Morgan fingerprint density at radius 1 is 1.47 bits per heavy atom. The number of nitrogen functional groups attached to an aromatic ring is 1. The molecule has 1 heterocycles. The van der Waals surface area contributed by atoms with Gasteiger partial charge in [-0.2, -0.15) is 0 Å². The van der Waals surface area contributed by atoms with E-state index in [1.54, 1.807) is 13.0 Å². The Morgan fingerprint density at radius 2 is 2.24 bits per heavy atom. The third kappa shape index (κ3) is 2.30. The summed E-state index contributed by atoms with van der Waals surface area (Å²) in [5, 5.41) is 2.92. The van der Waals surface area contributed by atoms with Gasteiger partial charge in [-0.15, -0.1) is 0 Å². The third-order valence-electron chi connectivity index (χ3n) is 2.26. The zero-order valence-electron chi connectivity index (χ0n) is 9.54. The fourth-order valence-corrected chi connectivity index (χ4v) is 1.49. The van der Waals surface area contributed by atoms with Crippen molar-refractivity contribution in [2.75, 3.05) is 18.2 Å². The van der Waals surface area contributed by atoms with Crippen LogP contribution in [0.5, 0.6) is 5.75 Å². The molecule has 0 unspecified atom stereocenters. The van der Waals surface area contributed by atoms with Crippen molar-refractivity contribution in [2.24, 2.45) is 0 Å². The Labute approximate surface area is 97.8 Å². The minimum absolute atomic E-state index is 0.196. The Morgan fingerprint density at radius 3 is 2.76 bits per heavy atom. The van der Waals surface area contributed by atoms with E-state index in [1.165, 1.54) is 19.2 Å². The van der Waals surface area contributed by atoms with Crippen molar-refractivity contribution in [1.82, 2.24) is 9.97 Å². The van der Waals surface area contributed by atoms with E-state index in [-0.39, 0.29) is 5.75 Å². The number of ether oxygens (including phenoxy) is 1. The largest absolute Gasteiger partial charge is 0.494 e. The summed E-state index contributed by atoms with van der Waals surface area (Å²) in [5.41, 5.74) is 6.24. The summed E-state index contributed by atoms with van der Waals surface area (Å²) in [6.07, 6.45) is 0. The van der Waals surface area contributed by atoms with Crippen LogP contribution < -0.4 is 15.8 Å². The maximum Gasteiger partial charge on any atom is 0.173 e. The molecule has 2 aromatic rings. The molecule has 0 bridgehead atoms. The Balaban J connectivity index is 2.24. The second-order valence-electron chi connectivity index (χ2n) is 3.56. The molecule has 1 aromatic heterocycles. The molecule has 6 heteroatoms. The standard InChI is InChI=1S/C11H13FN4O/c1-6-14-10(13)11(15-6)16-7-3-4-9(17-2)8(12)5-7/h3-5,16H,13H2,1-2H3,(H,14,15). The fourth-order valence-electron chi connectivity index (χ4n) is 1.49. The molecule has 0 saturated heterocycles. The lowest BCUT2D eigenvalue weighted by atomic mass is 10.3. The number of methoxy groups -OCH3 is 1. The molecular weight excluding hydrogens is 223 g/mol. The monoisotopic (exact) mass is 236 g/mol. The van der Waals surface area contributed by atoms with Gasteiger partial charge in [0.1, 0.15) is 11.6 Å². The Bertz CT molecular complexity index is 538. The minimum Gasteiger partial charge on any atom is -0.494 e. The average molecular weight is 236 g/mol. The lowest BCUT2D eigenvalue weighted by Gasteiger charge is -2.06. The predicted molar refractivity (Wildman–Crippen MR) is 64.0 cm³/mol. The predicted octanol–water partition coefficient (Wildman–Crippen LogP) is 2.19. The van der Waals surface area contributed by atoms with E-state index >= 15 is 0 Å². The van der Waals surface area contributed by atoms with Crippen molar-refractivity contribution in [3.63, 3.8) is 0 Å². The van der Waals surface area contributed by atoms with Crippen LogP contribution in [0.15, 0.2) is 18.2 Å². The Hall–Kier alpha value is -2.24. The van der Waals surface area contributed by atoms with Crippen molar-refractivity contribution in [1.29, 1.82) is 0 Å². The molecule has 0 fully saturated rings. The van der Waals surface area contributed by atoms with Gasteiger partial charge in [0.05, 0.1) is 7.11 Å². The molecule has 4 N–H and O–H groups in total. The number of hydrogen-bond donors (Lipinski definition) is 3. The first-order valence-electron chi connectivity index (χ1n) is 5.03. The zero-order chi connectivity index (χ0) is 12.4. The molecule has 0 aliphatic heterocycles. The number of hydrogen-bond acceptors (Lipinski definition) is 4. The normalized spacial score (nSPS) is 10.3. The molecular formula is C11H13FN4O. The third-order valence-corrected chi connectivity index (χ3v) is 2.26. The van der Waals surface area contributed by atoms with Gasteiger partial charge in [-0.25, -0.2) is 9.37 Å². The topological polar surface area (TPSA) is 76.0 Å². The van der Waals surface area contributed by atoms with Gasteiger partial charge >= 0.3 is 0 Å². The van der Waals surface area contributed by atoms with Crippen molar-refractivity contribution in [3.05, 3.63) is 29.8 Å². The first-order valence-corrected chi connectivity index (χ1v) is 5.03. The van der Waals surface area contributed by atoms with E-state index < -0.39 is 5.82 Å². The van der Waals surface area contributed by atoms with Crippen LogP contribution in [0.3, 0.4) is 0 Å². The Kier molecular flexibility index (Phi) is 2.86. The number of benzene rings is 1. The van der Waals surface area contributed by atoms with E-state index in [1.807, 2.05) is 0 Å². The van der Waals surface area contributed by atoms with Gasteiger partial charge in [0.15, 0.2) is 17.4 Å². The van der Waals surface area contributed by atoms with Crippen LogP contribution in [-0.4, -0.2) is 17.1 Å². The van der Waals surface area contributed by atoms with E-state index in [9.17, 15) is 4.39 Å². The highest BCUT2D eigenvalue weighted by Gasteiger charge is 2.07. The highest BCUT2D eigenvalue weighted by molar-refractivity contribution is 5.66. The molecule has 90 valence electrons. The summed E-state index contributed by atoms with van der Waals surface area (Å²) in [5.74, 6) is 1.34. The molecule has 5 nitrogen and oxygen atoms in total. The molecule has 0 amide bonds. The summed E-state index contributed by atoms with van der Waals surface area (Å²) >= 11 is 0. The fraction of sp³-hybridized carbons (Fsp3) is 0.182. The summed E-state index contributed by atoms with van der Waals surface area (Å²) in [4.78, 5) is 6.98. The number of rotatable bonds is 3. The van der Waals surface area contributed by atoms with E-state index in [4.69, 9.17) is 10.5 Å². The van der Waals surface area contributed by atoms with Crippen LogP contribution in [-0.2, 0) is 0 Å². The van der Waals surface area contributed by atoms with Gasteiger partial charge in [0.2, 0.25) is 0 Å². The van der Waals surface area contributed by atoms with Gasteiger partial charge < -0.3 is 20.8 Å². The molecule has 0 aliphatic rings. The summed E-state index contributed by atoms with van der Waals surface area (Å²) < 4.78 is 18.3. The van der Waals surface area contributed by atoms with Crippen LogP contribution >= 0.6 is 0 Å². The van der Waals surface area contributed by atoms with Crippen molar-refractivity contribution < 1.29 is 9.13 Å². The number of aromatic nitrogens is 2. The molecule has 0 saturated carbocycles. The van der Waals surface area contributed by atoms with Gasteiger partial charge in [-0.1, -0.05) is 0 Å². The molecule has 0 atom stereocenters. The molecule has 0 aliphatic carbocycles. The first kappa shape index (κ1) is 11.3. The second kappa shape index (κ2) is 4.32. The first-order chi connectivity index (χ1) is 8.10. The van der Waals surface area contributed by atoms with E-state index in [0.717, 1.165) is 0 Å². The molecule has 0 spiro atoms. The number of H-pyrrole nitrogens is 1. The molecule has 0 radical (unpaired) electrons. The molecule has 17 heavy (non-hydrogen) atoms. The smallest absolute Gasteiger partial charge is 0.173 e. The highest BCUT2D eigenvalue weighted by atomic mass is 19.1. The quantitative estimate of drug-likeness (QED) is 0.763. The number of nitrogens with zero attached hydrogens (tertiary/aromatic N) is 1. The van der Waals surface area contributed by atoms with Gasteiger partial charge in [0.25, 0.3) is 0 Å². The van der Waals surface area contributed by atoms with E-state index in [2.05, 4.69) is 15.3 Å². The number of aryl methyl sites for hydroxylation is 1. The van der Waals surface area contributed by atoms with Gasteiger partial charge in [-0.05, 0) is 19.1 Å². The second-order valence-corrected chi connectivity index (χ2v) is 3.56. The van der Waals surface area contributed by atoms with Crippen LogP contribution in [0.2, 0.25) is 0 Å². The number of anilines is 3. The number of imidazole rings is 1. The minimum atomic E-state index is -0.441. The van der Waals surface area contributed by atoms with Crippen molar-refractivity contribution in [2.45, 2.75) is 6.92 Å². The van der Waals surface area contributed by atoms with Crippen LogP contribution in [0.4, 0.5) is 21.7 Å². The van der Waals surface area contributed by atoms with E-state index in [0.29, 0.717) is 23.1 Å². The van der Waals surface area contributed by atoms with Crippen molar-refractivity contribution >= 4 is 17.3 Å². The van der Waals surface area contributed by atoms with Crippen molar-refractivity contribution in [3.8, 4) is 5.75 Å². The molecule has 2 rings (SSSR count). The summed E-state index contributed by atoms with van der Waals surface area (Å²) in [7, 11) is 1.42. The number of halogens is 1. The zero-order valence-corrected chi connectivity index (χ0v) is 9.54. The van der Waals surface area contributed by atoms with Crippen LogP contribution in [0.1, 0.15) is 5.82 Å². The summed E-state index contributed by atoms with van der Waals surface area (Å²) in [6, 6.07) is 4.54. The summed E-state index contributed by atoms with van der Waals surface area (Å²) in [6.45, 7) is 1.79. The SMILES string of the molecule is COc1ccc(Nc2nc(C)[nH]c2N)cc1F. The maximum absolute atomic E-state index is 13.4. The van der Waals surface area contributed by atoms with Gasteiger partial charge in [-0.3, -0.25) is 0 Å². The molecule has 1 aromatic carbocycles. The highest BCUT2D eigenvalue weighted by Crippen LogP contribution is 2.24.